The second-order valence-corrected chi connectivity index (χ2v) is 4.97. The SMILES string of the molecule is Cl.Cl.NC1CCN(CC2(F)CCCC2)CC1. The number of likely N-dealkylation sites (tertiary alicyclic amines) is 1. The highest BCUT2D eigenvalue weighted by atomic mass is 35.5. The Morgan fingerprint density at radius 3 is 2.12 bits per heavy atom. The molecule has 2 N–H and O–H groups in total. The van der Waals surface area contributed by atoms with E-state index in [1.165, 1.54) is 0 Å². The molecule has 2 fully saturated rings. The summed E-state index contributed by atoms with van der Waals surface area (Å²) < 4.78 is 14.1. The molecule has 0 amide bonds. The minimum atomic E-state index is -0.874. The Hall–Kier alpha value is 0.430. The minimum absolute atomic E-state index is 0. The van der Waals surface area contributed by atoms with Gasteiger partial charge in [-0.2, -0.15) is 0 Å². The topological polar surface area (TPSA) is 29.3 Å². The lowest BCUT2D eigenvalue weighted by Gasteiger charge is -2.34. The van der Waals surface area contributed by atoms with Gasteiger partial charge < -0.3 is 10.6 Å². The van der Waals surface area contributed by atoms with E-state index in [-0.39, 0.29) is 24.8 Å². The molecule has 5 heteroatoms. The van der Waals surface area contributed by atoms with Gasteiger partial charge in [-0.25, -0.2) is 4.39 Å². The molecule has 0 radical (unpaired) electrons. The molecule has 0 unspecified atom stereocenters. The first-order valence-corrected chi connectivity index (χ1v) is 5.85. The van der Waals surface area contributed by atoms with Gasteiger partial charge in [-0.1, -0.05) is 12.8 Å². The van der Waals surface area contributed by atoms with Crippen molar-refractivity contribution in [1.82, 2.24) is 4.90 Å². The summed E-state index contributed by atoms with van der Waals surface area (Å²) in [5, 5.41) is 0. The van der Waals surface area contributed by atoms with E-state index in [9.17, 15) is 4.39 Å². The second kappa shape index (κ2) is 7.00. The lowest BCUT2D eigenvalue weighted by atomic mass is 10.0. The van der Waals surface area contributed by atoms with E-state index in [0.717, 1.165) is 51.6 Å². The molecule has 1 heterocycles. The summed E-state index contributed by atoms with van der Waals surface area (Å²) in [4.78, 5) is 2.26. The van der Waals surface area contributed by atoms with Crippen LogP contribution in [0.1, 0.15) is 38.5 Å². The number of piperidine rings is 1. The predicted molar refractivity (Wildman–Crippen MR) is 70.5 cm³/mol. The number of hydrogen-bond acceptors (Lipinski definition) is 2. The zero-order valence-corrected chi connectivity index (χ0v) is 11.3. The molecule has 1 aliphatic carbocycles. The summed E-state index contributed by atoms with van der Waals surface area (Å²) >= 11 is 0. The largest absolute Gasteiger partial charge is 0.328 e. The van der Waals surface area contributed by atoms with E-state index in [4.69, 9.17) is 5.73 Å². The third-order valence-corrected chi connectivity index (χ3v) is 3.64. The van der Waals surface area contributed by atoms with Crippen LogP contribution in [-0.2, 0) is 0 Å². The van der Waals surface area contributed by atoms with Gasteiger partial charge in [-0.3, -0.25) is 0 Å². The summed E-state index contributed by atoms with van der Waals surface area (Å²) in [6.45, 7) is 2.64. The number of alkyl halides is 1. The van der Waals surface area contributed by atoms with Gasteiger partial charge in [0.15, 0.2) is 0 Å². The fourth-order valence-electron chi connectivity index (χ4n) is 2.68. The number of hydrogen-bond donors (Lipinski definition) is 1. The lowest BCUT2D eigenvalue weighted by molar-refractivity contribution is 0.0828. The molecule has 2 nitrogen and oxygen atoms in total. The van der Waals surface area contributed by atoms with Gasteiger partial charge in [0.25, 0.3) is 0 Å². The van der Waals surface area contributed by atoms with Crippen molar-refractivity contribution in [2.24, 2.45) is 5.73 Å². The highest BCUT2D eigenvalue weighted by molar-refractivity contribution is 5.85. The van der Waals surface area contributed by atoms with Crippen molar-refractivity contribution in [2.45, 2.75) is 50.2 Å². The Morgan fingerprint density at radius 1 is 1.12 bits per heavy atom. The maximum atomic E-state index is 14.1. The normalized spacial score (nSPS) is 25.9. The smallest absolute Gasteiger partial charge is 0.123 e. The average molecular weight is 273 g/mol. The predicted octanol–water partition coefficient (Wildman–Crippen LogP) is 2.54. The molecule has 1 aliphatic heterocycles. The molecule has 2 rings (SSSR count). The first-order valence-electron chi connectivity index (χ1n) is 5.85. The minimum Gasteiger partial charge on any atom is -0.328 e. The van der Waals surface area contributed by atoms with E-state index in [0.29, 0.717) is 12.6 Å². The highest BCUT2D eigenvalue weighted by Gasteiger charge is 2.35. The Morgan fingerprint density at radius 2 is 1.62 bits per heavy atom. The van der Waals surface area contributed by atoms with Crippen molar-refractivity contribution in [3.63, 3.8) is 0 Å². The maximum Gasteiger partial charge on any atom is 0.123 e. The van der Waals surface area contributed by atoms with Crippen molar-refractivity contribution in [1.29, 1.82) is 0 Å². The first kappa shape index (κ1) is 16.4. The summed E-state index contributed by atoms with van der Waals surface area (Å²) in [6.07, 6.45) is 5.77. The molecule has 0 aromatic carbocycles. The van der Waals surface area contributed by atoms with Crippen LogP contribution < -0.4 is 5.73 Å². The third kappa shape index (κ3) is 4.36. The summed E-state index contributed by atoms with van der Waals surface area (Å²) in [6, 6.07) is 0.352. The van der Waals surface area contributed by atoms with Crippen molar-refractivity contribution in [2.75, 3.05) is 19.6 Å². The van der Waals surface area contributed by atoms with E-state index in [1.807, 2.05) is 0 Å². The van der Waals surface area contributed by atoms with Crippen LogP contribution in [0.2, 0.25) is 0 Å². The fourth-order valence-corrected chi connectivity index (χ4v) is 2.68. The van der Waals surface area contributed by atoms with Gasteiger partial charge in [0.05, 0.1) is 0 Å². The van der Waals surface area contributed by atoms with Crippen molar-refractivity contribution >= 4 is 24.8 Å². The number of nitrogens with zero attached hydrogens (tertiary/aromatic N) is 1. The molecule has 0 spiro atoms. The Balaban J connectivity index is 0.00000112. The van der Waals surface area contributed by atoms with Gasteiger partial charge in [0.1, 0.15) is 5.67 Å². The zero-order valence-electron chi connectivity index (χ0n) is 9.66. The number of nitrogens with two attached hydrogens (primary N) is 1. The first-order chi connectivity index (χ1) is 6.68. The number of halogens is 3. The molecule has 0 aromatic rings. The zero-order chi connectivity index (χ0) is 10.0. The van der Waals surface area contributed by atoms with Gasteiger partial charge in [-0.15, -0.1) is 24.8 Å². The van der Waals surface area contributed by atoms with E-state index < -0.39 is 5.67 Å². The molecule has 2 aliphatic rings. The molecule has 98 valence electrons. The fraction of sp³-hybridized carbons (Fsp3) is 1.00. The second-order valence-electron chi connectivity index (χ2n) is 4.97. The Kier molecular flexibility index (Phi) is 7.18. The molecule has 0 aromatic heterocycles. The molecule has 16 heavy (non-hydrogen) atoms. The number of rotatable bonds is 2. The van der Waals surface area contributed by atoms with Gasteiger partial charge in [0, 0.05) is 12.6 Å². The van der Waals surface area contributed by atoms with E-state index in [2.05, 4.69) is 4.90 Å². The van der Waals surface area contributed by atoms with Crippen LogP contribution in [0.25, 0.3) is 0 Å². The van der Waals surface area contributed by atoms with Gasteiger partial charge >= 0.3 is 0 Å². The molecule has 0 bridgehead atoms. The highest BCUT2D eigenvalue weighted by Crippen LogP contribution is 2.34. The van der Waals surface area contributed by atoms with Crippen LogP contribution in [0.4, 0.5) is 4.39 Å². The monoisotopic (exact) mass is 272 g/mol. The Bertz CT molecular complexity index is 190. The Labute approximate surface area is 110 Å². The van der Waals surface area contributed by atoms with Crippen molar-refractivity contribution in [3.8, 4) is 0 Å². The average Bonchev–Trinajstić information content (AvgIpc) is 2.57. The van der Waals surface area contributed by atoms with Gasteiger partial charge in [0.2, 0.25) is 0 Å². The summed E-state index contributed by atoms with van der Waals surface area (Å²) in [7, 11) is 0. The van der Waals surface area contributed by atoms with Crippen molar-refractivity contribution in [3.05, 3.63) is 0 Å². The molecule has 0 atom stereocenters. The van der Waals surface area contributed by atoms with Crippen LogP contribution in [0.3, 0.4) is 0 Å². The van der Waals surface area contributed by atoms with Crippen molar-refractivity contribution < 1.29 is 4.39 Å². The quantitative estimate of drug-likeness (QED) is 0.837. The third-order valence-electron chi connectivity index (χ3n) is 3.64. The van der Waals surface area contributed by atoms with Crippen LogP contribution in [0.15, 0.2) is 0 Å². The maximum absolute atomic E-state index is 14.1. The molecular weight excluding hydrogens is 250 g/mol. The summed E-state index contributed by atoms with van der Waals surface area (Å²) in [5.41, 5.74) is 4.94. The van der Waals surface area contributed by atoms with Crippen LogP contribution >= 0.6 is 24.8 Å². The van der Waals surface area contributed by atoms with E-state index >= 15 is 0 Å². The lowest BCUT2D eigenvalue weighted by Crippen LogP contribution is -2.45. The van der Waals surface area contributed by atoms with Crippen LogP contribution in [0, 0.1) is 0 Å². The molecular formula is C11H23Cl2FN2. The molecule has 1 saturated carbocycles. The van der Waals surface area contributed by atoms with E-state index in [1.54, 1.807) is 0 Å². The van der Waals surface area contributed by atoms with Crippen LogP contribution in [0.5, 0.6) is 0 Å². The van der Waals surface area contributed by atoms with Gasteiger partial charge in [-0.05, 0) is 38.8 Å². The standard InChI is InChI=1S/C11H21FN2.2ClH/c12-11(5-1-2-6-11)9-14-7-3-10(13)4-8-14;;/h10H,1-9,13H2;2*1H. The molecule has 1 saturated heterocycles. The summed E-state index contributed by atoms with van der Waals surface area (Å²) in [5.74, 6) is 0. The van der Waals surface area contributed by atoms with Crippen LogP contribution in [-0.4, -0.2) is 36.2 Å².